The minimum absolute atomic E-state index is 0.0768. The molecule has 8 heteroatoms. The summed E-state index contributed by atoms with van der Waals surface area (Å²) >= 11 is 12.6. The Morgan fingerprint density at radius 1 is 1.09 bits per heavy atom. The number of halogens is 2. The summed E-state index contributed by atoms with van der Waals surface area (Å²) in [5, 5.41) is 6.05. The molecule has 35 heavy (non-hydrogen) atoms. The maximum Gasteiger partial charge on any atom is 0.179 e. The number of hydrogen-bond acceptors (Lipinski definition) is 5. The summed E-state index contributed by atoms with van der Waals surface area (Å²) in [6, 6.07) is 6.38. The monoisotopic (exact) mass is 512 g/mol. The lowest BCUT2D eigenvalue weighted by Crippen LogP contribution is -2.56. The molecule has 3 fully saturated rings. The van der Waals surface area contributed by atoms with E-state index >= 15 is 0 Å². The predicted octanol–water partition coefficient (Wildman–Crippen LogP) is 6.00. The molecule has 0 radical (unpaired) electrons. The quantitative estimate of drug-likeness (QED) is 0.419. The number of rotatable bonds is 5. The van der Waals surface area contributed by atoms with E-state index in [1.54, 1.807) is 6.07 Å². The fourth-order valence-electron chi connectivity index (χ4n) is 6.35. The van der Waals surface area contributed by atoms with Crippen molar-refractivity contribution in [2.24, 2.45) is 17.8 Å². The molecule has 1 aliphatic carbocycles. The van der Waals surface area contributed by atoms with Gasteiger partial charge in [0.1, 0.15) is 11.3 Å². The molecule has 2 aliphatic heterocycles. The van der Waals surface area contributed by atoms with Gasteiger partial charge >= 0.3 is 0 Å². The first-order chi connectivity index (χ1) is 16.9. The van der Waals surface area contributed by atoms with E-state index in [-0.39, 0.29) is 6.04 Å². The molecule has 0 bridgehead atoms. The Bertz CT molecular complexity index is 1230. The molecule has 1 aromatic carbocycles. The molecule has 0 spiro atoms. The molecule has 2 atom stereocenters. The van der Waals surface area contributed by atoms with Gasteiger partial charge in [-0.3, -0.25) is 0 Å². The minimum atomic E-state index is -0.0768. The number of nitrogens with zero attached hydrogens (tertiary/aromatic N) is 6. The maximum absolute atomic E-state index is 6.51. The summed E-state index contributed by atoms with van der Waals surface area (Å²) in [6.07, 6.45) is 7.42. The number of likely N-dealkylation sites (tertiary alicyclic amines) is 1. The topological polar surface area (TPSA) is 50.1 Å². The van der Waals surface area contributed by atoms with Gasteiger partial charge in [-0.2, -0.15) is 5.10 Å². The second-order valence-corrected chi connectivity index (χ2v) is 11.9. The van der Waals surface area contributed by atoms with Gasteiger partial charge in [-0.05, 0) is 81.5 Å². The molecule has 1 saturated carbocycles. The molecule has 6 nitrogen and oxygen atoms in total. The van der Waals surface area contributed by atoms with Crippen LogP contribution in [0.1, 0.15) is 56.8 Å². The third-order valence-electron chi connectivity index (χ3n) is 8.59. The smallest absolute Gasteiger partial charge is 0.179 e. The highest BCUT2D eigenvalue weighted by molar-refractivity contribution is 6.35. The number of benzene rings is 1. The van der Waals surface area contributed by atoms with Crippen LogP contribution >= 0.6 is 23.2 Å². The summed E-state index contributed by atoms with van der Waals surface area (Å²) in [6.45, 7) is 11.2. The summed E-state index contributed by atoms with van der Waals surface area (Å²) in [7, 11) is 0. The Balaban J connectivity index is 1.18. The molecule has 4 heterocycles. The zero-order valence-electron chi connectivity index (χ0n) is 20.8. The second kappa shape index (κ2) is 9.20. The molecule has 0 unspecified atom stereocenters. The van der Waals surface area contributed by atoms with Crippen LogP contribution in [-0.2, 0) is 0 Å². The molecule has 186 valence electrons. The van der Waals surface area contributed by atoms with Crippen LogP contribution in [0.3, 0.4) is 0 Å². The third kappa shape index (κ3) is 4.32. The van der Waals surface area contributed by atoms with Crippen molar-refractivity contribution >= 4 is 40.2 Å². The predicted molar refractivity (Wildman–Crippen MR) is 143 cm³/mol. The largest absolute Gasteiger partial charge is 0.355 e. The SMILES string of the molecule is Cc1nn([C@H](C)c2ccc(Cl)cc2Cl)c2nc(N3CC([C@H]4CCCN(C5CC(C)C5)C4)C3)cnc12. The second-order valence-electron chi connectivity index (χ2n) is 11.1. The maximum atomic E-state index is 6.51. The van der Waals surface area contributed by atoms with Crippen LogP contribution in [0.4, 0.5) is 5.82 Å². The van der Waals surface area contributed by atoms with Crippen molar-refractivity contribution in [3.63, 3.8) is 0 Å². The van der Waals surface area contributed by atoms with E-state index in [9.17, 15) is 0 Å². The Morgan fingerprint density at radius 2 is 1.89 bits per heavy atom. The fraction of sp³-hybridized carbons (Fsp3) is 0.593. The lowest BCUT2D eigenvalue weighted by molar-refractivity contribution is 0.0295. The van der Waals surface area contributed by atoms with Gasteiger partial charge in [-0.25, -0.2) is 14.6 Å². The Hall–Kier alpha value is -1.89. The highest BCUT2D eigenvalue weighted by Gasteiger charge is 2.39. The van der Waals surface area contributed by atoms with Gasteiger partial charge in [0.15, 0.2) is 5.65 Å². The Labute approximate surface area is 217 Å². The standard InChI is InChI=1S/C27H34Cl2N6/c1-16-9-22(10-16)33-8-4-5-19(13-33)20-14-34(15-20)25-12-30-26-17(2)32-35(27(26)31-25)18(3)23-7-6-21(28)11-24(23)29/h6-7,11-12,16,18-20,22H,4-5,8-10,13-15H2,1-3H3/t16?,18-,19+,22?/m1/s1. The average molecular weight is 514 g/mol. The van der Waals surface area contributed by atoms with Gasteiger partial charge in [0, 0.05) is 35.7 Å². The van der Waals surface area contributed by atoms with Crippen molar-refractivity contribution in [1.82, 2.24) is 24.6 Å². The van der Waals surface area contributed by atoms with Gasteiger partial charge in [0.05, 0.1) is 17.9 Å². The number of aryl methyl sites for hydroxylation is 1. The van der Waals surface area contributed by atoms with Gasteiger partial charge in [0.2, 0.25) is 0 Å². The average Bonchev–Trinajstić information content (AvgIpc) is 3.12. The molecule has 0 N–H and O–H groups in total. The van der Waals surface area contributed by atoms with E-state index in [1.165, 1.54) is 38.8 Å². The highest BCUT2D eigenvalue weighted by Crippen LogP contribution is 2.38. The van der Waals surface area contributed by atoms with Crippen molar-refractivity contribution in [3.8, 4) is 0 Å². The van der Waals surface area contributed by atoms with Crippen molar-refractivity contribution in [1.29, 1.82) is 0 Å². The first-order valence-corrected chi connectivity index (χ1v) is 13.8. The molecule has 3 aliphatic rings. The summed E-state index contributed by atoms with van der Waals surface area (Å²) < 4.78 is 1.95. The van der Waals surface area contributed by atoms with Crippen molar-refractivity contribution < 1.29 is 0 Å². The zero-order chi connectivity index (χ0) is 24.3. The Kier molecular flexibility index (Phi) is 6.18. The highest BCUT2D eigenvalue weighted by atomic mass is 35.5. The summed E-state index contributed by atoms with van der Waals surface area (Å²) in [4.78, 5) is 15.0. The van der Waals surface area contributed by atoms with Gasteiger partial charge in [0.25, 0.3) is 0 Å². The number of fused-ring (bicyclic) bond motifs is 1. The van der Waals surface area contributed by atoms with Crippen LogP contribution in [0, 0.1) is 24.7 Å². The van der Waals surface area contributed by atoms with Gasteiger partial charge < -0.3 is 9.80 Å². The van der Waals surface area contributed by atoms with E-state index in [4.69, 9.17) is 38.3 Å². The first kappa shape index (κ1) is 23.5. The Morgan fingerprint density at radius 3 is 2.63 bits per heavy atom. The van der Waals surface area contributed by atoms with E-state index < -0.39 is 0 Å². The van der Waals surface area contributed by atoms with Crippen LogP contribution in [0.5, 0.6) is 0 Å². The third-order valence-corrected chi connectivity index (χ3v) is 9.16. The van der Waals surface area contributed by atoms with Gasteiger partial charge in [-0.15, -0.1) is 0 Å². The van der Waals surface area contributed by atoms with Crippen LogP contribution in [0.2, 0.25) is 10.0 Å². The fourth-order valence-corrected chi connectivity index (χ4v) is 6.92. The molecular weight excluding hydrogens is 479 g/mol. The molecule has 2 saturated heterocycles. The number of anilines is 1. The van der Waals surface area contributed by atoms with E-state index in [1.807, 2.05) is 29.9 Å². The van der Waals surface area contributed by atoms with E-state index in [0.29, 0.717) is 10.0 Å². The lowest BCUT2D eigenvalue weighted by atomic mass is 9.76. The van der Waals surface area contributed by atoms with Crippen molar-refractivity contribution in [2.75, 3.05) is 31.1 Å². The molecule has 3 aromatic rings. The molecular formula is C27H34Cl2N6. The zero-order valence-corrected chi connectivity index (χ0v) is 22.3. The number of aromatic nitrogens is 4. The summed E-state index contributed by atoms with van der Waals surface area (Å²) in [5.74, 6) is 3.44. The van der Waals surface area contributed by atoms with Crippen LogP contribution in [-0.4, -0.2) is 56.9 Å². The van der Waals surface area contributed by atoms with Gasteiger partial charge in [-0.1, -0.05) is 36.2 Å². The normalized spacial score (nSPS) is 26.5. The number of hydrogen-bond donors (Lipinski definition) is 0. The number of piperidine rings is 1. The molecule has 2 aromatic heterocycles. The van der Waals surface area contributed by atoms with Crippen molar-refractivity contribution in [3.05, 3.63) is 45.7 Å². The summed E-state index contributed by atoms with van der Waals surface area (Å²) in [5.41, 5.74) is 3.51. The van der Waals surface area contributed by atoms with E-state index in [2.05, 4.69) is 23.6 Å². The molecule has 6 rings (SSSR count). The van der Waals surface area contributed by atoms with Crippen molar-refractivity contribution in [2.45, 2.75) is 58.5 Å². The van der Waals surface area contributed by atoms with E-state index in [0.717, 1.165) is 65.1 Å². The minimum Gasteiger partial charge on any atom is -0.355 e. The molecule has 0 amide bonds. The first-order valence-electron chi connectivity index (χ1n) is 13.0. The van der Waals surface area contributed by atoms with Crippen LogP contribution in [0.25, 0.3) is 11.2 Å². The van der Waals surface area contributed by atoms with Crippen LogP contribution < -0.4 is 4.90 Å². The van der Waals surface area contributed by atoms with Crippen LogP contribution in [0.15, 0.2) is 24.4 Å². The lowest BCUT2D eigenvalue weighted by Gasteiger charge is -2.50.